The number of Topliss-reactive ketones (excluding diaryl/α,β-unsaturated/α-hetero) is 1. The van der Waals surface area contributed by atoms with Gasteiger partial charge in [0.25, 0.3) is 0 Å². The summed E-state index contributed by atoms with van der Waals surface area (Å²) < 4.78 is 5.85. The van der Waals surface area contributed by atoms with E-state index in [2.05, 4.69) is 13.8 Å². The minimum Gasteiger partial charge on any atom is -0.496 e. The molecule has 1 aliphatic heterocycles. The maximum absolute atomic E-state index is 12.7. The Morgan fingerprint density at radius 3 is 2.45 bits per heavy atom. The van der Waals surface area contributed by atoms with Gasteiger partial charge in [-0.15, -0.1) is 0 Å². The first-order chi connectivity index (χ1) is 9.56. The number of allylic oxidation sites excluding steroid dienone is 1. The molecule has 1 aromatic rings. The number of rotatable bonds is 1. The van der Waals surface area contributed by atoms with Crippen molar-refractivity contribution in [3.63, 3.8) is 0 Å². The molecular weight excluding hydrogens is 250 g/mol. The van der Waals surface area contributed by atoms with Crippen LogP contribution >= 0.6 is 0 Å². The van der Waals surface area contributed by atoms with E-state index in [1.807, 2.05) is 24.3 Å². The average molecular weight is 271 g/mol. The van der Waals surface area contributed by atoms with Crippen molar-refractivity contribution in [1.82, 2.24) is 0 Å². The zero-order valence-electron chi connectivity index (χ0n) is 12.0. The number of carbonyl (C=O) groups is 1. The van der Waals surface area contributed by atoms with E-state index in [1.165, 1.54) is 0 Å². The van der Waals surface area contributed by atoms with Crippen LogP contribution in [0.15, 0.2) is 30.5 Å². The first kappa shape index (κ1) is 13.2. The molecule has 2 aliphatic rings. The lowest BCUT2D eigenvalue weighted by molar-refractivity contribution is -0.126. The van der Waals surface area contributed by atoms with Gasteiger partial charge in [0.1, 0.15) is 6.10 Å². The molecule has 3 nitrogen and oxygen atoms in total. The van der Waals surface area contributed by atoms with Crippen molar-refractivity contribution in [1.29, 1.82) is 0 Å². The largest absolute Gasteiger partial charge is 0.496 e. The maximum atomic E-state index is 12.7. The van der Waals surface area contributed by atoms with Crippen molar-refractivity contribution in [2.45, 2.75) is 32.8 Å². The molecule has 3 rings (SSSR count). The lowest BCUT2D eigenvalue weighted by Gasteiger charge is -2.40. The molecule has 0 amide bonds. The van der Waals surface area contributed by atoms with Crippen LogP contribution in [0.5, 0.6) is 0 Å². The van der Waals surface area contributed by atoms with Gasteiger partial charge in [-0.05, 0) is 42.4 Å². The molecule has 1 saturated carbocycles. The van der Waals surface area contributed by atoms with Crippen molar-refractivity contribution < 1.29 is 9.53 Å². The fourth-order valence-electron chi connectivity index (χ4n) is 3.26. The molecule has 0 aromatic heterocycles. The van der Waals surface area contributed by atoms with Crippen LogP contribution in [0.3, 0.4) is 0 Å². The summed E-state index contributed by atoms with van der Waals surface area (Å²) in [6.07, 6.45) is 3.61. The molecule has 20 heavy (non-hydrogen) atoms. The minimum atomic E-state index is 0.0127. The third-order valence-electron chi connectivity index (χ3n) is 4.83. The Morgan fingerprint density at radius 2 is 1.75 bits per heavy atom. The molecule has 4 atom stereocenters. The summed E-state index contributed by atoms with van der Waals surface area (Å²) in [5.74, 6) is 1.44. The third kappa shape index (κ3) is 2.21. The van der Waals surface area contributed by atoms with E-state index in [9.17, 15) is 4.79 Å². The summed E-state index contributed by atoms with van der Waals surface area (Å²) in [4.78, 5) is 12.7. The summed E-state index contributed by atoms with van der Waals surface area (Å²) >= 11 is 0. The number of nitrogen functional groups attached to an aromatic ring is 1. The molecular formula is C17H21NO2. The fraction of sp³-hybridized carbons (Fsp3) is 0.471. The van der Waals surface area contributed by atoms with Crippen molar-refractivity contribution >= 4 is 17.0 Å². The number of benzene rings is 1. The predicted molar refractivity (Wildman–Crippen MR) is 79.8 cm³/mol. The average Bonchev–Trinajstić information content (AvgIpc) is 2.43. The number of ketones is 1. The van der Waals surface area contributed by atoms with Crippen molar-refractivity contribution in [2.24, 2.45) is 17.8 Å². The van der Waals surface area contributed by atoms with Crippen LogP contribution in [0.1, 0.15) is 32.3 Å². The van der Waals surface area contributed by atoms with Crippen LogP contribution in [0.25, 0.3) is 5.57 Å². The Morgan fingerprint density at radius 1 is 1.10 bits per heavy atom. The lowest BCUT2D eigenvalue weighted by atomic mass is 9.70. The number of anilines is 1. The van der Waals surface area contributed by atoms with Gasteiger partial charge in [0, 0.05) is 5.69 Å². The van der Waals surface area contributed by atoms with Crippen molar-refractivity contribution in [2.75, 3.05) is 5.73 Å². The number of carbonyl (C=O) groups excluding carboxylic acids is 1. The van der Waals surface area contributed by atoms with Gasteiger partial charge < -0.3 is 10.5 Å². The number of fused-ring (bicyclic) bond motifs is 1. The molecule has 4 unspecified atom stereocenters. The summed E-state index contributed by atoms with van der Waals surface area (Å²) in [6.45, 7) is 4.48. The monoisotopic (exact) mass is 271 g/mol. The minimum absolute atomic E-state index is 0.0127. The van der Waals surface area contributed by atoms with E-state index in [0.29, 0.717) is 23.1 Å². The molecule has 1 aliphatic carbocycles. The Bertz CT molecular complexity index is 547. The SMILES string of the molecule is CC1CC2OC=C(c3ccc(N)cc3)C(=O)C2CC1C. The Kier molecular flexibility index (Phi) is 3.28. The van der Waals surface area contributed by atoms with Gasteiger partial charge in [0.15, 0.2) is 5.78 Å². The molecule has 1 aromatic carbocycles. The van der Waals surface area contributed by atoms with Gasteiger partial charge in [-0.2, -0.15) is 0 Å². The van der Waals surface area contributed by atoms with Crippen LogP contribution < -0.4 is 5.73 Å². The zero-order valence-corrected chi connectivity index (χ0v) is 12.0. The number of hydrogen-bond donors (Lipinski definition) is 1. The van der Waals surface area contributed by atoms with E-state index < -0.39 is 0 Å². The van der Waals surface area contributed by atoms with E-state index in [4.69, 9.17) is 10.5 Å². The van der Waals surface area contributed by atoms with Gasteiger partial charge in [-0.1, -0.05) is 26.0 Å². The second kappa shape index (κ2) is 4.97. The zero-order chi connectivity index (χ0) is 14.3. The molecule has 106 valence electrons. The van der Waals surface area contributed by atoms with E-state index in [1.54, 1.807) is 6.26 Å². The fourth-order valence-corrected chi connectivity index (χ4v) is 3.26. The standard InChI is InChI=1S/C17H21NO2/c1-10-7-14-16(8-11(10)2)20-9-15(17(14)19)12-3-5-13(18)6-4-12/h3-6,9-11,14,16H,7-8,18H2,1-2H3. The number of hydrogen-bond acceptors (Lipinski definition) is 3. The highest BCUT2D eigenvalue weighted by Gasteiger charge is 2.41. The second-order valence-electron chi connectivity index (χ2n) is 6.22. The van der Waals surface area contributed by atoms with Crippen LogP contribution in [0, 0.1) is 17.8 Å². The van der Waals surface area contributed by atoms with Crippen LogP contribution in [-0.2, 0) is 9.53 Å². The summed E-state index contributed by atoms with van der Waals surface area (Å²) in [5.41, 5.74) is 7.99. The third-order valence-corrected chi connectivity index (χ3v) is 4.83. The Labute approximate surface area is 119 Å². The molecule has 2 N–H and O–H groups in total. The van der Waals surface area contributed by atoms with Gasteiger partial charge in [0.05, 0.1) is 17.8 Å². The van der Waals surface area contributed by atoms with Gasteiger partial charge in [0.2, 0.25) is 0 Å². The highest BCUT2D eigenvalue weighted by atomic mass is 16.5. The van der Waals surface area contributed by atoms with Gasteiger partial charge >= 0.3 is 0 Å². The Hall–Kier alpha value is -1.77. The second-order valence-corrected chi connectivity index (χ2v) is 6.22. The first-order valence-electron chi connectivity index (χ1n) is 7.32. The predicted octanol–water partition coefficient (Wildman–Crippen LogP) is 3.26. The topological polar surface area (TPSA) is 52.3 Å². The summed E-state index contributed by atoms with van der Waals surface area (Å²) in [6, 6.07) is 7.41. The molecule has 3 heteroatoms. The molecule has 0 spiro atoms. The Balaban J connectivity index is 1.88. The lowest BCUT2D eigenvalue weighted by Crippen LogP contribution is -2.41. The summed E-state index contributed by atoms with van der Waals surface area (Å²) in [5, 5.41) is 0. The normalized spacial score (nSPS) is 33.1. The van der Waals surface area contributed by atoms with Crippen molar-refractivity contribution in [3.8, 4) is 0 Å². The molecule has 1 fully saturated rings. The smallest absolute Gasteiger partial charge is 0.173 e. The van der Waals surface area contributed by atoms with E-state index in [-0.39, 0.29) is 17.8 Å². The van der Waals surface area contributed by atoms with Crippen LogP contribution in [0.4, 0.5) is 5.69 Å². The van der Waals surface area contributed by atoms with E-state index >= 15 is 0 Å². The molecule has 0 bridgehead atoms. The van der Waals surface area contributed by atoms with E-state index in [0.717, 1.165) is 18.4 Å². The number of ether oxygens (including phenoxy) is 1. The van der Waals surface area contributed by atoms with Crippen molar-refractivity contribution in [3.05, 3.63) is 36.1 Å². The quantitative estimate of drug-likeness (QED) is 0.798. The van der Waals surface area contributed by atoms with Gasteiger partial charge in [-0.3, -0.25) is 4.79 Å². The first-order valence-corrected chi connectivity index (χ1v) is 7.32. The highest BCUT2D eigenvalue weighted by molar-refractivity contribution is 6.22. The number of nitrogens with two attached hydrogens (primary N) is 1. The van der Waals surface area contributed by atoms with Crippen LogP contribution in [-0.4, -0.2) is 11.9 Å². The summed E-state index contributed by atoms with van der Waals surface area (Å²) in [7, 11) is 0. The maximum Gasteiger partial charge on any atom is 0.173 e. The molecule has 1 heterocycles. The highest BCUT2D eigenvalue weighted by Crippen LogP contribution is 2.40. The molecule has 0 radical (unpaired) electrons. The van der Waals surface area contributed by atoms with Gasteiger partial charge in [-0.25, -0.2) is 0 Å². The van der Waals surface area contributed by atoms with Crippen LogP contribution in [0.2, 0.25) is 0 Å². The molecule has 0 saturated heterocycles.